The fourth-order valence-corrected chi connectivity index (χ4v) is 2.91. The van der Waals surface area contributed by atoms with Crippen molar-refractivity contribution in [3.63, 3.8) is 0 Å². The molecule has 0 radical (unpaired) electrons. The molecule has 148 valence electrons. The lowest BCUT2D eigenvalue weighted by Crippen LogP contribution is -2.60. The van der Waals surface area contributed by atoms with E-state index >= 15 is 0 Å². The molecule has 1 aliphatic rings. The molecule has 27 heavy (non-hydrogen) atoms. The maximum absolute atomic E-state index is 12.2. The van der Waals surface area contributed by atoms with Crippen molar-refractivity contribution in [3.8, 4) is 11.5 Å². The van der Waals surface area contributed by atoms with E-state index in [0.29, 0.717) is 5.76 Å². The molecule has 2 heterocycles. The summed E-state index contributed by atoms with van der Waals surface area (Å²) < 4.78 is 16.4. The van der Waals surface area contributed by atoms with Gasteiger partial charge in [0, 0.05) is 24.1 Å². The molecule has 0 unspecified atom stereocenters. The zero-order chi connectivity index (χ0) is 19.9. The number of aromatic hydroxyl groups is 1. The number of phenols is 1. The van der Waals surface area contributed by atoms with Gasteiger partial charge in [0.05, 0.1) is 6.61 Å². The number of aliphatic hydroxyl groups is 4. The van der Waals surface area contributed by atoms with Gasteiger partial charge in [0.15, 0.2) is 5.43 Å². The molecule has 0 amide bonds. The minimum atomic E-state index is -1.60. The summed E-state index contributed by atoms with van der Waals surface area (Å²) in [4.78, 5) is 12.2. The lowest BCUT2D eigenvalue weighted by atomic mass is 9.99. The average molecular weight is 382 g/mol. The normalized spacial score (nSPS) is 28.6. The van der Waals surface area contributed by atoms with Crippen LogP contribution in [0.4, 0.5) is 0 Å². The van der Waals surface area contributed by atoms with E-state index in [1.54, 1.807) is 0 Å². The first-order valence-electron chi connectivity index (χ1n) is 8.51. The van der Waals surface area contributed by atoms with E-state index in [4.69, 9.17) is 13.9 Å². The zero-order valence-electron chi connectivity index (χ0n) is 14.8. The van der Waals surface area contributed by atoms with E-state index in [1.807, 2.05) is 13.8 Å². The third kappa shape index (κ3) is 3.64. The van der Waals surface area contributed by atoms with Gasteiger partial charge in [0.1, 0.15) is 52.6 Å². The molecule has 5 N–H and O–H groups in total. The first-order valence-corrected chi connectivity index (χ1v) is 8.51. The summed E-state index contributed by atoms with van der Waals surface area (Å²) in [5, 5.41) is 49.1. The van der Waals surface area contributed by atoms with E-state index in [1.165, 1.54) is 12.1 Å². The Balaban J connectivity index is 1.96. The Bertz CT molecular complexity index is 873. The number of ether oxygens (including phenoxy) is 2. The Labute approximate surface area is 154 Å². The highest BCUT2D eigenvalue weighted by Crippen LogP contribution is 2.32. The van der Waals surface area contributed by atoms with Crippen LogP contribution in [0.1, 0.15) is 25.5 Å². The third-order valence-electron chi connectivity index (χ3n) is 4.47. The topological polar surface area (TPSA) is 150 Å². The second-order valence-electron chi connectivity index (χ2n) is 6.80. The molecule has 1 saturated heterocycles. The highest BCUT2D eigenvalue weighted by Gasteiger charge is 2.44. The number of aliphatic hydroxyl groups excluding tert-OH is 4. The third-order valence-corrected chi connectivity index (χ3v) is 4.47. The fraction of sp³-hybridized carbons (Fsp3) is 0.500. The van der Waals surface area contributed by atoms with Crippen molar-refractivity contribution in [2.24, 2.45) is 0 Å². The summed E-state index contributed by atoms with van der Waals surface area (Å²) in [5.74, 6) is 0.000636. The maximum atomic E-state index is 12.2. The minimum Gasteiger partial charge on any atom is -0.507 e. The molecule has 3 rings (SSSR count). The van der Waals surface area contributed by atoms with Crippen LogP contribution in [0.5, 0.6) is 11.5 Å². The number of hydrogen-bond acceptors (Lipinski definition) is 9. The van der Waals surface area contributed by atoms with Gasteiger partial charge in [0.25, 0.3) is 0 Å². The van der Waals surface area contributed by atoms with Gasteiger partial charge < -0.3 is 39.4 Å². The summed E-state index contributed by atoms with van der Waals surface area (Å²) in [6.07, 6.45) is -7.26. The molecule has 0 spiro atoms. The van der Waals surface area contributed by atoms with Gasteiger partial charge in [-0.15, -0.1) is 0 Å². The number of phenolic OH excluding ortho intramolecular Hbond substituents is 1. The highest BCUT2D eigenvalue weighted by molar-refractivity contribution is 5.84. The van der Waals surface area contributed by atoms with E-state index in [-0.39, 0.29) is 28.4 Å². The van der Waals surface area contributed by atoms with Crippen molar-refractivity contribution in [1.29, 1.82) is 0 Å². The Morgan fingerprint density at radius 2 is 1.81 bits per heavy atom. The summed E-state index contributed by atoms with van der Waals surface area (Å²) in [7, 11) is 0. The largest absolute Gasteiger partial charge is 0.507 e. The lowest BCUT2D eigenvalue weighted by molar-refractivity contribution is -0.277. The standard InChI is InChI=1S/C18H22O9/c1-7(2)11-5-10(21)14-9(20)3-8(4-12(14)26-11)25-18-17(24)16(23)15(22)13(6-19)27-18/h3-5,7,13,15-20,22-24H,6H2,1-2H3/t13-,15-,16+,17-,18+/m1/s1. The van der Waals surface area contributed by atoms with Crippen LogP contribution in [-0.4, -0.2) is 62.8 Å². The first-order chi connectivity index (χ1) is 12.7. The van der Waals surface area contributed by atoms with Gasteiger partial charge >= 0.3 is 0 Å². The lowest BCUT2D eigenvalue weighted by Gasteiger charge is -2.39. The molecule has 2 aromatic rings. The van der Waals surface area contributed by atoms with Crippen LogP contribution in [0.15, 0.2) is 27.4 Å². The van der Waals surface area contributed by atoms with E-state index < -0.39 is 42.7 Å². The van der Waals surface area contributed by atoms with Crippen molar-refractivity contribution in [2.75, 3.05) is 6.61 Å². The molecule has 0 aliphatic carbocycles. The molecule has 9 heteroatoms. The van der Waals surface area contributed by atoms with Gasteiger partial charge in [-0.05, 0) is 0 Å². The second-order valence-corrected chi connectivity index (χ2v) is 6.80. The van der Waals surface area contributed by atoms with Crippen LogP contribution in [-0.2, 0) is 4.74 Å². The molecule has 0 saturated carbocycles. The first kappa shape index (κ1) is 19.6. The highest BCUT2D eigenvalue weighted by atomic mass is 16.7. The average Bonchev–Trinajstić information content (AvgIpc) is 2.61. The van der Waals surface area contributed by atoms with Crippen molar-refractivity contribution < 1.29 is 39.4 Å². The monoisotopic (exact) mass is 382 g/mol. The quantitative estimate of drug-likeness (QED) is 0.484. The van der Waals surface area contributed by atoms with E-state index in [2.05, 4.69) is 0 Å². The second kappa shape index (κ2) is 7.45. The van der Waals surface area contributed by atoms with Crippen molar-refractivity contribution >= 4 is 11.0 Å². The summed E-state index contributed by atoms with van der Waals surface area (Å²) in [6.45, 7) is 3.09. The van der Waals surface area contributed by atoms with Gasteiger partial charge in [-0.2, -0.15) is 0 Å². The predicted molar refractivity (Wildman–Crippen MR) is 92.6 cm³/mol. The number of fused-ring (bicyclic) bond motifs is 1. The molecule has 1 fully saturated rings. The van der Waals surface area contributed by atoms with Crippen molar-refractivity contribution in [2.45, 2.75) is 50.5 Å². The van der Waals surface area contributed by atoms with Gasteiger partial charge in [0.2, 0.25) is 6.29 Å². The van der Waals surface area contributed by atoms with Gasteiger partial charge in [-0.1, -0.05) is 13.8 Å². The Kier molecular flexibility index (Phi) is 5.41. The number of rotatable bonds is 4. The van der Waals surface area contributed by atoms with Crippen LogP contribution >= 0.6 is 0 Å². The molecule has 1 aliphatic heterocycles. The summed E-state index contributed by atoms with van der Waals surface area (Å²) in [6, 6.07) is 3.81. The van der Waals surface area contributed by atoms with Crippen LogP contribution in [0.25, 0.3) is 11.0 Å². The Morgan fingerprint density at radius 3 is 2.44 bits per heavy atom. The fourth-order valence-electron chi connectivity index (χ4n) is 2.91. The van der Waals surface area contributed by atoms with Crippen molar-refractivity contribution in [3.05, 3.63) is 34.2 Å². The summed E-state index contributed by atoms with van der Waals surface area (Å²) >= 11 is 0. The van der Waals surface area contributed by atoms with Crippen LogP contribution in [0, 0.1) is 0 Å². The zero-order valence-corrected chi connectivity index (χ0v) is 14.8. The molecular weight excluding hydrogens is 360 g/mol. The van der Waals surface area contributed by atoms with Crippen LogP contribution in [0.2, 0.25) is 0 Å². The minimum absolute atomic E-state index is 0.00776. The number of hydrogen-bond donors (Lipinski definition) is 5. The van der Waals surface area contributed by atoms with Crippen molar-refractivity contribution in [1.82, 2.24) is 0 Å². The molecule has 9 nitrogen and oxygen atoms in total. The van der Waals surface area contributed by atoms with Crippen LogP contribution in [0.3, 0.4) is 0 Å². The number of benzene rings is 1. The Morgan fingerprint density at radius 1 is 1.11 bits per heavy atom. The molecule has 0 bridgehead atoms. The molecule has 1 aromatic carbocycles. The molecule has 1 aromatic heterocycles. The van der Waals surface area contributed by atoms with E-state index in [0.717, 1.165) is 6.07 Å². The van der Waals surface area contributed by atoms with Gasteiger partial charge in [-0.3, -0.25) is 4.79 Å². The molecule has 5 atom stereocenters. The smallest absolute Gasteiger partial charge is 0.229 e. The van der Waals surface area contributed by atoms with Gasteiger partial charge in [-0.25, -0.2) is 0 Å². The van der Waals surface area contributed by atoms with Crippen LogP contribution < -0.4 is 10.2 Å². The Hall–Kier alpha value is -2.17. The maximum Gasteiger partial charge on any atom is 0.229 e. The van der Waals surface area contributed by atoms with E-state index in [9.17, 15) is 30.3 Å². The summed E-state index contributed by atoms with van der Waals surface area (Å²) in [5.41, 5.74) is -0.317. The molecular formula is C18H22O9. The predicted octanol–water partition coefficient (Wildman–Crippen LogP) is -0.199. The SMILES string of the molecule is CC(C)c1cc(=O)c2c(O)cc(O[C@H]3O[C@H](CO)[C@@H](O)[C@H](O)[C@H]3O)cc2o1.